The van der Waals surface area contributed by atoms with Gasteiger partial charge in [0.2, 0.25) is 0 Å². The standard InChI is InChI=1S/C13H13O.C2H4O5S/c1-10-8-13(9-11(2)14-10)12-6-4-3-5-7-12;3-2(4)1-8(5,6)7/h3-9H,1-2H3;1H2,(H,3,4)(H,5,6,7)/q+1;/p-1. The Morgan fingerprint density at radius 1 is 1.09 bits per heavy atom. The highest BCUT2D eigenvalue weighted by molar-refractivity contribution is 7.86. The van der Waals surface area contributed by atoms with Crippen LogP contribution in [0.15, 0.2) is 46.9 Å². The fourth-order valence-corrected chi connectivity index (χ4v) is 2.04. The molecule has 2 rings (SSSR count). The average molecular weight is 324 g/mol. The molecule has 0 fully saturated rings. The summed E-state index contributed by atoms with van der Waals surface area (Å²) < 4.78 is 34.0. The summed E-state index contributed by atoms with van der Waals surface area (Å²) in [5, 5.41) is 7.67. The highest BCUT2D eigenvalue weighted by Gasteiger charge is 2.08. The van der Waals surface area contributed by atoms with Crippen LogP contribution in [0, 0.1) is 13.8 Å². The largest absolute Gasteiger partial charge is 0.748 e. The number of hydrogen-bond acceptors (Lipinski definition) is 4. The van der Waals surface area contributed by atoms with Crippen molar-refractivity contribution in [2.45, 2.75) is 13.8 Å². The van der Waals surface area contributed by atoms with Gasteiger partial charge in [-0.2, -0.15) is 0 Å². The molecule has 1 aromatic heterocycles. The zero-order valence-electron chi connectivity index (χ0n) is 12.1. The fourth-order valence-electron chi connectivity index (χ4n) is 1.74. The second kappa shape index (κ2) is 7.67. The Morgan fingerprint density at radius 3 is 1.95 bits per heavy atom. The first-order valence-corrected chi connectivity index (χ1v) is 7.87. The van der Waals surface area contributed by atoms with Crippen molar-refractivity contribution in [2.75, 3.05) is 5.75 Å². The molecule has 6 nitrogen and oxygen atoms in total. The van der Waals surface area contributed by atoms with Crippen molar-refractivity contribution in [1.29, 1.82) is 0 Å². The van der Waals surface area contributed by atoms with Crippen LogP contribution in [-0.2, 0) is 14.9 Å². The predicted octanol–water partition coefficient (Wildman–Crippen LogP) is 2.46. The lowest BCUT2D eigenvalue weighted by Crippen LogP contribution is -2.13. The van der Waals surface area contributed by atoms with E-state index < -0.39 is 21.8 Å². The van der Waals surface area contributed by atoms with Crippen LogP contribution in [0.3, 0.4) is 0 Å². The molecule has 0 aliphatic rings. The van der Waals surface area contributed by atoms with Crippen LogP contribution in [0.25, 0.3) is 11.1 Å². The van der Waals surface area contributed by atoms with E-state index in [-0.39, 0.29) is 0 Å². The van der Waals surface area contributed by atoms with Gasteiger partial charge in [0.1, 0.15) is 15.9 Å². The van der Waals surface area contributed by atoms with E-state index >= 15 is 0 Å². The minimum Gasteiger partial charge on any atom is -0.748 e. The maximum atomic E-state index is 9.51. The van der Waals surface area contributed by atoms with Gasteiger partial charge in [-0.3, -0.25) is 4.79 Å². The van der Waals surface area contributed by atoms with Gasteiger partial charge in [-0.25, -0.2) is 12.8 Å². The van der Waals surface area contributed by atoms with Crippen LogP contribution in [0.2, 0.25) is 0 Å². The van der Waals surface area contributed by atoms with Crippen molar-refractivity contribution < 1.29 is 27.3 Å². The monoisotopic (exact) mass is 324 g/mol. The van der Waals surface area contributed by atoms with Crippen molar-refractivity contribution in [2.24, 2.45) is 0 Å². The summed E-state index contributed by atoms with van der Waals surface area (Å²) in [5.74, 6) is -1.07. The van der Waals surface area contributed by atoms with E-state index in [1.165, 1.54) is 11.1 Å². The lowest BCUT2D eigenvalue weighted by molar-refractivity contribution is -0.134. The fraction of sp³-hybridized carbons (Fsp3) is 0.200. The van der Waals surface area contributed by atoms with Crippen LogP contribution >= 0.6 is 0 Å². The van der Waals surface area contributed by atoms with Gasteiger partial charge in [-0.05, 0) is 11.1 Å². The van der Waals surface area contributed by atoms with Gasteiger partial charge in [0.05, 0.1) is 13.8 Å². The third-order valence-electron chi connectivity index (χ3n) is 2.45. The number of carboxylic acids is 1. The van der Waals surface area contributed by atoms with E-state index in [1.807, 2.05) is 32.0 Å². The summed E-state index contributed by atoms with van der Waals surface area (Å²) in [4.78, 5) is 9.44. The van der Waals surface area contributed by atoms with Crippen molar-refractivity contribution in [1.82, 2.24) is 0 Å². The summed E-state index contributed by atoms with van der Waals surface area (Å²) in [6.45, 7) is 3.94. The van der Waals surface area contributed by atoms with E-state index in [2.05, 4.69) is 24.3 Å². The number of rotatable bonds is 3. The molecule has 0 atom stereocenters. The van der Waals surface area contributed by atoms with Gasteiger partial charge < -0.3 is 9.66 Å². The predicted molar refractivity (Wildman–Crippen MR) is 80.2 cm³/mol. The van der Waals surface area contributed by atoms with Gasteiger partial charge in [0.15, 0.2) is 0 Å². The molecule has 0 unspecified atom stereocenters. The van der Waals surface area contributed by atoms with Gasteiger partial charge >= 0.3 is 17.5 Å². The summed E-state index contributed by atoms with van der Waals surface area (Å²) in [5.41, 5.74) is 2.45. The molecule has 1 heterocycles. The van der Waals surface area contributed by atoms with Gasteiger partial charge in [0, 0.05) is 12.1 Å². The first kappa shape index (κ1) is 17.8. The number of hydrogen-bond donors (Lipinski definition) is 1. The second-order valence-electron chi connectivity index (χ2n) is 4.53. The third-order valence-corrected chi connectivity index (χ3v) is 3.05. The summed E-state index contributed by atoms with van der Waals surface area (Å²) in [7, 11) is -4.57. The van der Waals surface area contributed by atoms with Crippen LogP contribution in [0.1, 0.15) is 11.5 Å². The molecule has 2 aromatic rings. The first-order valence-electron chi connectivity index (χ1n) is 6.29. The first-order chi connectivity index (χ1) is 10.2. The number of aryl methyl sites for hydroxylation is 2. The molecule has 118 valence electrons. The molecular weight excluding hydrogens is 308 g/mol. The van der Waals surface area contributed by atoms with E-state index in [4.69, 9.17) is 9.52 Å². The Kier molecular flexibility index (Phi) is 6.21. The maximum absolute atomic E-state index is 9.51. The molecule has 1 aromatic carbocycles. The second-order valence-corrected chi connectivity index (χ2v) is 5.93. The molecule has 0 bridgehead atoms. The number of carboxylic acid groups (broad SMARTS) is 1. The van der Waals surface area contributed by atoms with Gasteiger partial charge in [-0.15, -0.1) is 0 Å². The molecular formula is C15H16O6S. The molecule has 0 radical (unpaired) electrons. The Labute approximate surface area is 128 Å². The van der Waals surface area contributed by atoms with E-state index in [0.717, 1.165) is 11.5 Å². The highest BCUT2D eigenvalue weighted by atomic mass is 32.2. The van der Waals surface area contributed by atoms with Crippen molar-refractivity contribution >= 4 is 16.1 Å². The topological polar surface area (TPSA) is 106 Å². The molecule has 0 saturated heterocycles. The normalized spacial score (nSPS) is 10.5. The molecule has 22 heavy (non-hydrogen) atoms. The van der Waals surface area contributed by atoms with E-state index in [1.54, 1.807) is 0 Å². The van der Waals surface area contributed by atoms with Crippen LogP contribution < -0.4 is 0 Å². The minimum absolute atomic E-state index is 0.948. The molecule has 0 spiro atoms. The zero-order valence-corrected chi connectivity index (χ0v) is 13.0. The third kappa shape index (κ3) is 6.96. The van der Waals surface area contributed by atoms with E-state index in [0.29, 0.717) is 0 Å². The Morgan fingerprint density at radius 2 is 1.59 bits per heavy atom. The smallest absolute Gasteiger partial charge is 0.327 e. The minimum atomic E-state index is -4.57. The summed E-state index contributed by atoms with van der Waals surface area (Å²) in [6.07, 6.45) is 0. The van der Waals surface area contributed by atoms with Crippen molar-refractivity contribution in [3.05, 3.63) is 54.0 Å². The highest BCUT2D eigenvalue weighted by Crippen LogP contribution is 2.21. The summed E-state index contributed by atoms with van der Waals surface area (Å²) >= 11 is 0. The van der Waals surface area contributed by atoms with Gasteiger partial charge in [0.25, 0.3) is 0 Å². The molecule has 0 amide bonds. The van der Waals surface area contributed by atoms with E-state index in [9.17, 15) is 17.8 Å². The van der Waals surface area contributed by atoms with Crippen LogP contribution in [0.4, 0.5) is 0 Å². The Balaban J connectivity index is 0.000000261. The maximum Gasteiger partial charge on any atom is 0.327 e. The molecule has 7 heteroatoms. The zero-order chi connectivity index (χ0) is 16.8. The Hall–Kier alpha value is -2.25. The molecule has 0 aliphatic heterocycles. The molecule has 0 saturated carbocycles. The van der Waals surface area contributed by atoms with Crippen molar-refractivity contribution in [3.63, 3.8) is 0 Å². The number of aliphatic carboxylic acids is 1. The molecule has 0 aliphatic carbocycles. The van der Waals surface area contributed by atoms with Crippen LogP contribution in [0.5, 0.6) is 0 Å². The number of carbonyl (C=O) groups is 1. The number of benzene rings is 1. The van der Waals surface area contributed by atoms with Crippen molar-refractivity contribution in [3.8, 4) is 11.1 Å². The van der Waals surface area contributed by atoms with Crippen LogP contribution in [-0.4, -0.2) is 29.8 Å². The summed E-state index contributed by atoms with van der Waals surface area (Å²) in [6, 6.07) is 14.4. The lowest BCUT2D eigenvalue weighted by atomic mass is 10.1. The lowest BCUT2D eigenvalue weighted by Gasteiger charge is -1.99. The average Bonchev–Trinajstić information content (AvgIpc) is 2.36. The molecule has 1 N–H and O–H groups in total. The SMILES string of the molecule is Cc1cc(-c2ccccc2)cc(C)[o+]1.O=C(O)CS(=O)(=O)[O-]. The quantitative estimate of drug-likeness (QED) is 0.686. The Bertz CT molecular complexity index is 718. The van der Waals surface area contributed by atoms with Gasteiger partial charge in [-0.1, -0.05) is 30.3 Å².